The molecule has 0 fully saturated rings. The molecule has 1 aromatic heterocycles. The number of ketones is 1. The summed E-state index contributed by atoms with van der Waals surface area (Å²) in [5.74, 6) is 0.185. The summed E-state index contributed by atoms with van der Waals surface area (Å²) in [6.07, 6.45) is 1.49. The maximum Gasteiger partial charge on any atom is 0.233 e. The molecule has 0 saturated heterocycles. The summed E-state index contributed by atoms with van der Waals surface area (Å²) in [4.78, 5) is 14.8. The Hall–Kier alpha value is -1.09. The Kier molecular flexibility index (Phi) is 2.65. The van der Waals surface area contributed by atoms with Gasteiger partial charge >= 0.3 is 0 Å². The number of hydrogen-bond acceptors (Lipinski definition) is 3. The minimum absolute atomic E-state index is 0.0966. The monoisotopic (exact) mass is 185 g/mol. The van der Waals surface area contributed by atoms with Gasteiger partial charge in [0, 0.05) is 11.8 Å². The number of aromatic nitrogens is 1. The van der Waals surface area contributed by atoms with Crippen molar-refractivity contribution in [2.75, 3.05) is 7.11 Å². The lowest BCUT2D eigenvalue weighted by atomic mass is 10.2. The van der Waals surface area contributed by atoms with Crippen LogP contribution in [0.25, 0.3) is 0 Å². The van der Waals surface area contributed by atoms with E-state index in [1.807, 2.05) is 0 Å². The molecule has 0 aromatic carbocycles. The predicted molar refractivity (Wildman–Crippen MR) is 45.8 cm³/mol. The molecule has 0 aliphatic rings. The minimum Gasteiger partial charge on any atom is -0.480 e. The Balaban J connectivity index is 3.23. The first-order chi connectivity index (χ1) is 5.66. The molecular formula is C8H8ClNO2. The van der Waals surface area contributed by atoms with Crippen LogP contribution in [0.3, 0.4) is 0 Å². The van der Waals surface area contributed by atoms with Gasteiger partial charge in [-0.15, -0.1) is 0 Å². The van der Waals surface area contributed by atoms with Crippen LogP contribution in [-0.4, -0.2) is 17.9 Å². The lowest BCUT2D eigenvalue weighted by molar-refractivity contribution is 0.101. The topological polar surface area (TPSA) is 39.2 Å². The summed E-state index contributed by atoms with van der Waals surface area (Å²) >= 11 is 5.80. The molecule has 4 heteroatoms. The number of Topliss-reactive ketones (excluding diaryl/α,β-unsaturated/α-hetero) is 1. The van der Waals surface area contributed by atoms with Gasteiger partial charge in [-0.1, -0.05) is 11.6 Å². The first kappa shape index (κ1) is 9.00. The number of carbonyl (C=O) groups excluding carboxylic acids is 1. The maximum absolute atomic E-state index is 11.0. The van der Waals surface area contributed by atoms with Gasteiger partial charge in [-0.3, -0.25) is 4.79 Å². The number of halogens is 1. The summed E-state index contributed by atoms with van der Waals surface area (Å²) in [6.45, 7) is 1.45. The highest BCUT2D eigenvalue weighted by Crippen LogP contribution is 2.25. The van der Waals surface area contributed by atoms with Crippen molar-refractivity contribution >= 4 is 17.4 Å². The predicted octanol–water partition coefficient (Wildman–Crippen LogP) is 1.95. The number of rotatable bonds is 2. The molecule has 0 spiro atoms. The standard InChI is InChI=1S/C8H8ClNO2/c1-5(11)6-3-4-10-8(12-2)7(6)9/h3-4H,1-2H3. The fourth-order valence-electron chi connectivity index (χ4n) is 0.839. The molecule has 12 heavy (non-hydrogen) atoms. The van der Waals surface area contributed by atoms with E-state index >= 15 is 0 Å². The SMILES string of the molecule is COc1nccc(C(C)=O)c1Cl. The molecule has 0 amide bonds. The van der Waals surface area contributed by atoms with Crippen LogP contribution in [0.5, 0.6) is 5.88 Å². The molecule has 3 nitrogen and oxygen atoms in total. The molecule has 64 valence electrons. The van der Waals surface area contributed by atoms with E-state index in [2.05, 4.69) is 4.98 Å². The fourth-order valence-corrected chi connectivity index (χ4v) is 1.16. The van der Waals surface area contributed by atoms with Crippen molar-refractivity contribution in [1.82, 2.24) is 4.98 Å². The number of hydrogen-bond donors (Lipinski definition) is 0. The summed E-state index contributed by atoms with van der Waals surface area (Å²) in [7, 11) is 1.46. The largest absolute Gasteiger partial charge is 0.480 e. The zero-order valence-corrected chi connectivity index (χ0v) is 7.55. The van der Waals surface area contributed by atoms with E-state index in [1.54, 1.807) is 6.07 Å². The van der Waals surface area contributed by atoms with Gasteiger partial charge in [0.15, 0.2) is 5.78 Å². The molecule has 0 N–H and O–H groups in total. The molecule has 0 saturated carbocycles. The maximum atomic E-state index is 11.0. The van der Waals surface area contributed by atoms with Crippen LogP contribution in [0.4, 0.5) is 0 Å². The van der Waals surface area contributed by atoms with Gasteiger partial charge in [-0.2, -0.15) is 0 Å². The van der Waals surface area contributed by atoms with E-state index in [-0.39, 0.29) is 16.7 Å². The van der Waals surface area contributed by atoms with E-state index in [1.165, 1.54) is 20.2 Å². The van der Waals surface area contributed by atoms with Gasteiger partial charge in [0.1, 0.15) is 5.02 Å². The van der Waals surface area contributed by atoms with Crippen molar-refractivity contribution in [3.8, 4) is 5.88 Å². The Morgan fingerprint density at radius 1 is 1.67 bits per heavy atom. The third kappa shape index (κ3) is 1.56. The van der Waals surface area contributed by atoms with Crippen molar-refractivity contribution in [2.24, 2.45) is 0 Å². The van der Waals surface area contributed by atoms with Crippen LogP contribution in [-0.2, 0) is 0 Å². The van der Waals surface area contributed by atoms with Crippen molar-refractivity contribution in [3.05, 3.63) is 22.8 Å². The molecule has 1 heterocycles. The lowest BCUT2D eigenvalue weighted by Gasteiger charge is -2.03. The number of carbonyl (C=O) groups is 1. The number of ether oxygens (including phenoxy) is 1. The van der Waals surface area contributed by atoms with Crippen LogP contribution < -0.4 is 4.74 Å². The van der Waals surface area contributed by atoms with Crippen LogP contribution in [0.2, 0.25) is 5.02 Å². The fraction of sp³-hybridized carbons (Fsp3) is 0.250. The molecule has 0 unspecified atom stereocenters. The first-order valence-electron chi connectivity index (χ1n) is 3.36. The number of methoxy groups -OCH3 is 1. The molecule has 0 aliphatic carbocycles. The highest BCUT2D eigenvalue weighted by molar-refractivity contribution is 6.35. The van der Waals surface area contributed by atoms with Crippen molar-refractivity contribution < 1.29 is 9.53 Å². The molecule has 0 radical (unpaired) electrons. The Morgan fingerprint density at radius 3 is 2.83 bits per heavy atom. The van der Waals surface area contributed by atoms with E-state index in [9.17, 15) is 4.79 Å². The molecule has 1 aromatic rings. The van der Waals surface area contributed by atoms with Gasteiger partial charge < -0.3 is 4.74 Å². The second-order valence-electron chi connectivity index (χ2n) is 2.24. The second-order valence-corrected chi connectivity index (χ2v) is 2.62. The first-order valence-corrected chi connectivity index (χ1v) is 3.74. The summed E-state index contributed by atoms with van der Waals surface area (Å²) in [6, 6.07) is 1.56. The third-order valence-corrected chi connectivity index (χ3v) is 1.80. The van der Waals surface area contributed by atoms with Crippen LogP contribution >= 0.6 is 11.6 Å². The average molecular weight is 186 g/mol. The van der Waals surface area contributed by atoms with Gasteiger partial charge in [-0.05, 0) is 13.0 Å². The van der Waals surface area contributed by atoms with Crippen LogP contribution in [0.15, 0.2) is 12.3 Å². The highest BCUT2D eigenvalue weighted by atomic mass is 35.5. The van der Waals surface area contributed by atoms with Gasteiger partial charge in [-0.25, -0.2) is 4.98 Å². The molecule has 0 atom stereocenters. The summed E-state index contributed by atoms with van der Waals surface area (Å²) < 4.78 is 4.84. The van der Waals surface area contributed by atoms with E-state index in [0.717, 1.165) is 0 Å². The third-order valence-electron chi connectivity index (χ3n) is 1.43. The van der Waals surface area contributed by atoms with Crippen molar-refractivity contribution in [1.29, 1.82) is 0 Å². The average Bonchev–Trinajstić information content (AvgIpc) is 2.04. The van der Waals surface area contributed by atoms with E-state index < -0.39 is 0 Å². The quantitative estimate of drug-likeness (QED) is 0.661. The molecular weight excluding hydrogens is 178 g/mol. The Labute approximate surface area is 75.3 Å². The molecule has 1 rings (SSSR count). The van der Waals surface area contributed by atoms with Crippen LogP contribution in [0, 0.1) is 0 Å². The van der Waals surface area contributed by atoms with E-state index in [4.69, 9.17) is 16.3 Å². The lowest BCUT2D eigenvalue weighted by Crippen LogP contribution is -1.97. The zero-order valence-electron chi connectivity index (χ0n) is 6.80. The zero-order chi connectivity index (χ0) is 9.14. The number of nitrogens with zero attached hydrogens (tertiary/aromatic N) is 1. The molecule has 0 aliphatic heterocycles. The smallest absolute Gasteiger partial charge is 0.233 e. The second kappa shape index (κ2) is 3.54. The molecule has 0 bridgehead atoms. The summed E-state index contributed by atoms with van der Waals surface area (Å²) in [5.41, 5.74) is 0.434. The van der Waals surface area contributed by atoms with Gasteiger partial charge in [0.25, 0.3) is 0 Å². The van der Waals surface area contributed by atoms with Gasteiger partial charge in [0.2, 0.25) is 5.88 Å². The minimum atomic E-state index is -0.0966. The Bertz CT molecular complexity index is 312. The number of pyridine rings is 1. The summed E-state index contributed by atoms with van der Waals surface area (Å²) in [5, 5.41) is 0.271. The van der Waals surface area contributed by atoms with Crippen molar-refractivity contribution in [2.45, 2.75) is 6.92 Å². The van der Waals surface area contributed by atoms with Crippen molar-refractivity contribution in [3.63, 3.8) is 0 Å². The normalized spacial score (nSPS) is 9.58. The van der Waals surface area contributed by atoms with Gasteiger partial charge in [0.05, 0.1) is 7.11 Å². The Morgan fingerprint density at radius 2 is 2.33 bits per heavy atom. The van der Waals surface area contributed by atoms with E-state index in [0.29, 0.717) is 5.56 Å². The van der Waals surface area contributed by atoms with Crippen LogP contribution in [0.1, 0.15) is 17.3 Å². The highest BCUT2D eigenvalue weighted by Gasteiger charge is 2.10.